The van der Waals surface area contributed by atoms with E-state index in [9.17, 15) is 0 Å². The quantitative estimate of drug-likeness (QED) is 0.637. The smallest absolute Gasteiger partial charge is 0.0781 e. The Morgan fingerprint density at radius 3 is 2.29 bits per heavy atom. The number of rotatable bonds is 4. The zero-order valence-electron chi connectivity index (χ0n) is 12.3. The molecule has 0 heterocycles. The Kier molecular flexibility index (Phi) is 5.56. The highest BCUT2D eigenvalue weighted by Gasteiger charge is 2.16. The summed E-state index contributed by atoms with van der Waals surface area (Å²) in [6.07, 6.45) is 0. The van der Waals surface area contributed by atoms with Crippen LogP contribution in [0.4, 0.5) is 0 Å². The molecule has 0 aliphatic carbocycles. The largest absolute Gasteiger partial charge is 0.304 e. The summed E-state index contributed by atoms with van der Waals surface area (Å²) in [5, 5.41) is 4.94. The molecule has 112 valence electrons. The number of hydrogen-bond acceptors (Lipinski definition) is 1. The molecule has 0 aromatic heterocycles. The van der Waals surface area contributed by atoms with Gasteiger partial charge >= 0.3 is 0 Å². The summed E-state index contributed by atoms with van der Waals surface area (Å²) < 4.78 is 0. The number of aryl methyl sites for hydroxylation is 1. The molecule has 1 N–H and O–H groups in total. The highest BCUT2D eigenvalue weighted by atomic mass is 35.5. The molecule has 0 saturated carbocycles. The molecular formula is C17H18Cl3N. The normalized spacial score (nSPS) is 14.0. The van der Waals surface area contributed by atoms with Crippen molar-refractivity contribution in [3.63, 3.8) is 0 Å². The molecule has 21 heavy (non-hydrogen) atoms. The van der Waals surface area contributed by atoms with Gasteiger partial charge in [0.05, 0.1) is 15.1 Å². The van der Waals surface area contributed by atoms with Crippen LogP contribution in [-0.4, -0.2) is 0 Å². The molecule has 2 atom stereocenters. The van der Waals surface area contributed by atoms with Gasteiger partial charge in [-0.3, -0.25) is 0 Å². The maximum absolute atomic E-state index is 6.29. The Balaban J connectivity index is 2.18. The first-order valence-electron chi connectivity index (χ1n) is 6.86. The van der Waals surface area contributed by atoms with Crippen molar-refractivity contribution in [3.8, 4) is 0 Å². The van der Waals surface area contributed by atoms with Crippen LogP contribution in [0.2, 0.25) is 15.1 Å². The van der Waals surface area contributed by atoms with Crippen LogP contribution in [0.1, 0.15) is 42.6 Å². The van der Waals surface area contributed by atoms with Crippen LogP contribution in [-0.2, 0) is 0 Å². The monoisotopic (exact) mass is 341 g/mol. The van der Waals surface area contributed by atoms with Crippen molar-refractivity contribution in [2.45, 2.75) is 32.9 Å². The summed E-state index contributed by atoms with van der Waals surface area (Å²) in [4.78, 5) is 0. The summed E-state index contributed by atoms with van der Waals surface area (Å²) in [5.41, 5.74) is 3.45. The fourth-order valence-corrected chi connectivity index (χ4v) is 3.08. The molecule has 0 radical (unpaired) electrons. The summed E-state index contributed by atoms with van der Waals surface area (Å²) in [6.45, 7) is 6.30. The van der Waals surface area contributed by atoms with Gasteiger partial charge in [-0.15, -0.1) is 0 Å². The maximum atomic E-state index is 6.29. The van der Waals surface area contributed by atoms with Crippen LogP contribution in [0.25, 0.3) is 0 Å². The van der Waals surface area contributed by atoms with Crippen LogP contribution in [0.3, 0.4) is 0 Å². The lowest BCUT2D eigenvalue weighted by atomic mass is 10.0. The molecule has 0 fully saturated rings. The average molecular weight is 343 g/mol. The van der Waals surface area contributed by atoms with E-state index in [1.807, 2.05) is 6.07 Å². The Hall–Kier alpha value is -0.730. The van der Waals surface area contributed by atoms with E-state index in [-0.39, 0.29) is 12.1 Å². The third-order valence-electron chi connectivity index (χ3n) is 3.57. The summed E-state index contributed by atoms with van der Waals surface area (Å²) in [6, 6.07) is 12.4. The molecule has 4 heteroatoms. The van der Waals surface area contributed by atoms with E-state index >= 15 is 0 Å². The van der Waals surface area contributed by atoms with Crippen molar-refractivity contribution in [2.24, 2.45) is 0 Å². The third-order valence-corrected chi connectivity index (χ3v) is 4.88. The lowest BCUT2D eigenvalue weighted by Crippen LogP contribution is -2.22. The molecule has 0 aliphatic rings. The van der Waals surface area contributed by atoms with Crippen molar-refractivity contribution < 1.29 is 0 Å². The number of hydrogen-bond donors (Lipinski definition) is 1. The van der Waals surface area contributed by atoms with Crippen LogP contribution in [0.5, 0.6) is 0 Å². The number of halogens is 3. The van der Waals surface area contributed by atoms with Gasteiger partial charge in [0.1, 0.15) is 0 Å². The molecule has 1 nitrogen and oxygen atoms in total. The van der Waals surface area contributed by atoms with Gasteiger partial charge < -0.3 is 5.32 Å². The summed E-state index contributed by atoms with van der Waals surface area (Å²) >= 11 is 18.4. The second kappa shape index (κ2) is 7.02. The van der Waals surface area contributed by atoms with E-state index in [2.05, 4.69) is 50.4 Å². The van der Waals surface area contributed by atoms with Gasteiger partial charge in [0.15, 0.2) is 0 Å². The second-order valence-corrected chi connectivity index (χ2v) is 6.45. The summed E-state index contributed by atoms with van der Waals surface area (Å²) in [7, 11) is 0. The highest BCUT2D eigenvalue weighted by Crippen LogP contribution is 2.36. The van der Waals surface area contributed by atoms with Gasteiger partial charge in [-0.05, 0) is 38.0 Å². The van der Waals surface area contributed by atoms with Crippen LogP contribution < -0.4 is 5.32 Å². The van der Waals surface area contributed by atoms with Gasteiger partial charge in [-0.2, -0.15) is 0 Å². The summed E-state index contributed by atoms with van der Waals surface area (Å²) in [5.74, 6) is 0. The number of nitrogens with one attached hydrogen (secondary N) is 1. The molecule has 0 aliphatic heterocycles. The topological polar surface area (TPSA) is 12.0 Å². The zero-order valence-corrected chi connectivity index (χ0v) is 14.5. The van der Waals surface area contributed by atoms with Crippen LogP contribution >= 0.6 is 34.8 Å². The Morgan fingerprint density at radius 2 is 1.62 bits per heavy atom. The minimum atomic E-state index is 0.0720. The highest BCUT2D eigenvalue weighted by molar-refractivity contribution is 6.48. The average Bonchev–Trinajstić information content (AvgIpc) is 2.44. The van der Waals surface area contributed by atoms with Crippen molar-refractivity contribution in [2.75, 3.05) is 0 Å². The lowest BCUT2D eigenvalue weighted by molar-refractivity contribution is 0.494. The second-order valence-electron chi connectivity index (χ2n) is 5.29. The lowest BCUT2D eigenvalue weighted by Gasteiger charge is -2.22. The van der Waals surface area contributed by atoms with Crippen molar-refractivity contribution in [1.29, 1.82) is 0 Å². The fourth-order valence-electron chi connectivity index (χ4n) is 2.38. The predicted octanol–water partition coefficient (Wildman–Crippen LogP) is 6.37. The maximum Gasteiger partial charge on any atom is 0.0781 e. The van der Waals surface area contributed by atoms with Gasteiger partial charge in [-0.25, -0.2) is 0 Å². The molecule has 0 amide bonds. The van der Waals surface area contributed by atoms with Crippen LogP contribution in [0.15, 0.2) is 36.4 Å². The van der Waals surface area contributed by atoms with Gasteiger partial charge in [-0.1, -0.05) is 70.7 Å². The van der Waals surface area contributed by atoms with Crippen LogP contribution in [0, 0.1) is 6.92 Å². The standard InChI is InChI=1S/C17H18Cl3N/c1-10-5-4-6-13(9-10)11(2)21-12(3)14-7-8-15(18)17(20)16(14)19/h4-9,11-12,21H,1-3H3/t11-,12?/m1/s1. The van der Waals surface area contributed by atoms with E-state index in [0.717, 1.165) is 5.56 Å². The van der Waals surface area contributed by atoms with E-state index in [4.69, 9.17) is 34.8 Å². The van der Waals surface area contributed by atoms with E-state index in [1.54, 1.807) is 6.07 Å². The molecular weight excluding hydrogens is 325 g/mol. The molecule has 0 bridgehead atoms. The Bertz CT molecular complexity index is 640. The zero-order chi connectivity index (χ0) is 15.6. The van der Waals surface area contributed by atoms with Crippen molar-refractivity contribution in [1.82, 2.24) is 5.32 Å². The molecule has 0 spiro atoms. The van der Waals surface area contributed by atoms with E-state index < -0.39 is 0 Å². The van der Waals surface area contributed by atoms with Gasteiger partial charge in [0.2, 0.25) is 0 Å². The minimum absolute atomic E-state index is 0.0720. The molecule has 0 saturated heterocycles. The SMILES string of the molecule is Cc1cccc([C@@H](C)NC(C)c2ccc(Cl)c(Cl)c2Cl)c1. The molecule has 2 aromatic carbocycles. The first-order chi connectivity index (χ1) is 9.90. The first kappa shape index (κ1) is 16.6. The van der Waals surface area contributed by atoms with Gasteiger partial charge in [0, 0.05) is 12.1 Å². The first-order valence-corrected chi connectivity index (χ1v) is 7.99. The Morgan fingerprint density at radius 1 is 0.905 bits per heavy atom. The Labute approximate surface area is 141 Å². The van der Waals surface area contributed by atoms with E-state index in [0.29, 0.717) is 15.1 Å². The van der Waals surface area contributed by atoms with E-state index in [1.165, 1.54) is 11.1 Å². The van der Waals surface area contributed by atoms with Gasteiger partial charge in [0.25, 0.3) is 0 Å². The predicted molar refractivity (Wildman–Crippen MR) is 92.6 cm³/mol. The molecule has 1 unspecified atom stereocenters. The van der Waals surface area contributed by atoms with Crippen molar-refractivity contribution >= 4 is 34.8 Å². The van der Waals surface area contributed by atoms with Crippen molar-refractivity contribution in [3.05, 3.63) is 68.2 Å². The third kappa shape index (κ3) is 3.92. The fraction of sp³-hybridized carbons (Fsp3) is 0.294. The number of benzene rings is 2. The minimum Gasteiger partial charge on any atom is -0.304 e. The molecule has 2 rings (SSSR count). The molecule has 2 aromatic rings.